The minimum atomic E-state index is 0. The van der Waals surface area contributed by atoms with Gasteiger partial charge in [0.1, 0.15) is 0 Å². The zero-order chi connectivity index (χ0) is 31.2. The van der Waals surface area contributed by atoms with Gasteiger partial charge in [0, 0.05) is 50.3 Å². The van der Waals surface area contributed by atoms with Crippen LogP contribution in [0.15, 0.2) is 140 Å². The van der Waals surface area contributed by atoms with E-state index in [4.69, 9.17) is 0 Å². The van der Waals surface area contributed by atoms with E-state index in [1.807, 2.05) is 79.4 Å². The minimum absolute atomic E-state index is 0. The molecule has 0 aliphatic heterocycles. The maximum atomic E-state index is 4.49. The third kappa shape index (κ3) is 7.54. The summed E-state index contributed by atoms with van der Waals surface area (Å²) in [7, 11) is 0. The minimum Gasteiger partial charge on any atom is -0.305 e. The Morgan fingerprint density at radius 2 is 1.33 bits per heavy atom. The fourth-order valence-electron chi connectivity index (χ4n) is 5.39. The van der Waals surface area contributed by atoms with Gasteiger partial charge < -0.3 is 9.97 Å². The average Bonchev–Trinajstić information content (AvgIpc) is 3.09. The van der Waals surface area contributed by atoms with Gasteiger partial charge >= 0.3 is 0 Å². The second kappa shape index (κ2) is 14.6. The van der Waals surface area contributed by atoms with Crippen LogP contribution in [0.3, 0.4) is 0 Å². The number of aromatic nitrogens is 3. The Morgan fingerprint density at radius 1 is 0.565 bits per heavy atom. The van der Waals surface area contributed by atoms with Crippen LogP contribution in [0.4, 0.5) is 0 Å². The Morgan fingerprint density at radius 3 is 2.07 bits per heavy atom. The van der Waals surface area contributed by atoms with E-state index in [1.54, 1.807) is 0 Å². The van der Waals surface area contributed by atoms with E-state index >= 15 is 0 Å². The van der Waals surface area contributed by atoms with E-state index in [0.29, 0.717) is 0 Å². The molecule has 0 unspecified atom stereocenters. The molecule has 0 amide bonds. The van der Waals surface area contributed by atoms with Crippen LogP contribution in [0.5, 0.6) is 0 Å². The third-order valence-electron chi connectivity index (χ3n) is 7.81. The van der Waals surface area contributed by atoms with Gasteiger partial charge in [0.2, 0.25) is 0 Å². The molecule has 4 aromatic carbocycles. The predicted octanol–water partition coefficient (Wildman–Crippen LogP) is 10.6. The number of hydrogen-bond acceptors (Lipinski definition) is 3. The molecule has 4 heteroatoms. The Kier molecular flexibility index (Phi) is 10.3. The first-order valence-corrected chi connectivity index (χ1v) is 15.2. The van der Waals surface area contributed by atoms with E-state index in [-0.39, 0.29) is 25.5 Å². The number of rotatable bonds is 4. The van der Waals surface area contributed by atoms with Crippen molar-refractivity contribution in [2.75, 3.05) is 0 Å². The first kappa shape index (κ1) is 32.6. The van der Waals surface area contributed by atoms with Crippen molar-refractivity contribution < 1.29 is 20.1 Å². The molecule has 0 saturated heterocycles. The quantitative estimate of drug-likeness (QED) is 0.167. The summed E-state index contributed by atoms with van der Waals surface area (Å²) in [5.74, 6) is 0. The SMILES string of the molecule is CC(C)(C)c1cccc(-c2ccc(-c3cc[c-]c(-c4ccccn4)c3)c3ccncc23)c1.Cc1ccnc(-c2[c-]cccc2)c1.[Ir]. The van der Waals surface area contributed by atoms with Crippen molar-refractivity contribution in [3.8, 4) is 44.8 Å². The van der Waals surface area contributed by atoms with Gasteiger partial charge in [-0.2, -0.15) is 0 Å². The molecule has 0 atom stereocenters. The number of pyridine rings is 3. The van der Waals surface area contributed by atoms with Gasteiger partial charge in [0.15, 0.2) is 0 Å². The second-order valence-corrected chi connectivity index (χ2v) is 12.1. The number of nitrogens with zero attached hydrogens (tertiary/aromatic N) is 3. The number of benzene rings is 4. The fraction of sp³-hybridized carbons (Fsp3) is 0.119. The number of fused-ring (bicyclic) bond motifs is 1. The summed E-state index contributed by atoms with van der Waals surface area (Å²) in [5, 5.41) is 2.35. The molecular formula is C42H35IrN3-2. The van der Waals surface area contributed by atoms with Crippen molar-refractivity contribution in [1.29, 1.82) is 0 Å². The Balaban J connectivity index is 0.000000250. The Hall–Kier alpha value is -4.76. The maximum Gasteiger partial charge on any atom is 0.0352 e. The van der Waals surface area contributed by atoms with Gasteiger partial charge in [0.05, 0.1) is 0 Å². The van der Waals surface area contributed by atoms with E-state index < -0.39 is 0 Å². The first-order chi connectivity index (χ1) is 21.9. The Labute approximate surface area is 285 Å². The molecule has 0 fully saturated rings. The van der Waals surface area contributed by atoms with Crippen LogP contribution in [0.25, 0.3) is 55.5 Å². The van der Waals surface area contributed by atoms with Gasteiger partial charge in [0.25, 0.3) is 0 Å². The molecule has 3 nitrogen and oxygen atoms in total. The first-order valence-electron chi connectivity index (χ1n) is 15.2. The van der Waals surface area contributed by atoms with Crippen LogP contribution in [0.2, 0.25) is 0 Å². The van der Waals surface area contributed by atoms with Gasteiger partial charge in [-0.25, -0.2) is 0 Å². The van der Waals surface area contributed by atoms with Crippen molar-refractivity contribution in [1.82, 2.24) is 15.0 Å². The van der Waals surface area contributed by atoms with Crippen LogP contribution >= 0.6 is 0 Å². The summed E-state index contributed by atoms with van der Waals surface area (Å²) in [6, 6.07) is 46.0. The van der Waals surface area contributed by atoms with E-state index in [1.165, 1.54) is 33.2 Å². The molecule has 229 valence electrons. The smallest absolute Gasteiger partial charge is 0.0352 e. The van der Waals surface area contributed by atoms with Crippen molar-refractivity contribution >= 4 is 10.8 Å². The van der Waals surface area contributed by atoms with Crippen molar-refractivity contribution in [2.24, 2.45) is 0 Å². The molecule has 3 aromatic heterocycles. The average molecular weight is 774 g/mol. The molecule has 0 spiro atoms. The van der Waals surface area contributed by atoms with E-state index in [2.05, 4.69) is 115 Å². The van der Waals surface area contributed by atoms with Gasteiger partial charge in [-0.15, -0.1) is 71.3 Å². The topological polar surface area (TPSA) is 38.7 Å². The molecule has 0 N–H and O–H groups in total. The van der Waals surface area contributed by atoms with Crippen molar-refractivity contribution in [2.45, 2.75) is 33.1 Å². The van der Waals surface area contributed by atoms with Crippen LogP contribution < -0.4 is 0 Å². The number of aryl methyl sites for hydroxylation is 1. The monoisotopic (exact) mass is 774 g/mol. The van der Waals surface area contributed by atoms with E-state index in [9.17, 15) is 0 Å². The third-order valence-corrected chi connectivity index (χ3v) is 7.81. The van der Waals surface area contributed by atoms with Gasteiger partial charge in [-0.1, -0.05) is 80.9 Å². The summed E-state index contributed by atoms with van der Waals surface area (Å²) in [4.78, 5) is 13.2. The van der Waals surface area contributed by atoms with Crippen molar-refractivity contribution in [3.63, 3.8) is 0 Å². The molecule has 1 radical (unpaired) electrons. The largest absolute Gasteiger partial charge is 0.305 e. The summed E-state index contributed by atoms with van der Waals surface area (Å²) < 4.78 is 0. The zero-order valence-corrected chi connectivity index (χ0v) is 28.8. The standard InChI is InChI=1S/C30H25N2.C12H10N.Ir/c1-30(2,3)24-11-7-9-22(19-24)26-14-13-25(27-15-17-31-20-28(26)27)21-8-6-10-23(18-21)29-12-4-5-16-32-29;1-10-7-8-13-12(9-10)11-5-3-2-4-6-11;/h4-9,11-20H,1-3H3;2-5,7-9H,1H3;/q2*-1;. The normalized spacial score (nSPS) is 10.9. The molecule has 46 heavy (non-hydrogen) atoms. The van der Waals surface area contributed by atoms with Gasteiger partial charge in [-0.3, -0.25) is 4.98 Å². The van der Waals surface area contributed by atoms with Crippen molar-refractivity contribution in [3.05, 3.63) is 163 Å². The van der Waals surface area contributed by atoms with E-state index in [0.717, 1.165) is 33.5 Å². The molecule has 0 saturated carbocycles. The molecular weight excluding hydrogens is 739 g/mol. The summed E-state index contributed by atoms with van der Waals surface area (Å²) >= 11 is 0. The summed E-state index contributed by atoms with van der Waals surface area (Å²) in [6.45, 7) is 8.82. The molecule has 0 bridgehead atoms. The molecule has 7 rings (SSSR count). The van der Waals surface area contributed by atoms with Crippen LogP contribution in [0.1, 0.15) is 31.9 Å². The van der Waals surface area contributed by atoms with Crippen LogP contribution in [0, 0.1) is 19.1 Å². The molecule has 7 aromatic rings. The molecule has 3 heterocycles. The molecule has 0 aliphatic rings. The Bertz CT molecular complexity index is 2050. The molecule has 0 aliphatic carbocycles. The van der Waals surface area contributed by atoms with Crippen LogP contribution in [-0.2, 0) is 25.5 Å². The van der Waals surface area contributed by atoms with Crippen LogP contribution in [-0.4, -0.2) is 15.0 Å². The fourth-order valence-corrected chi connectivity index (χ4v) is 5.39. The predicted molar refractivity (Wildman–Crippen MR) is 187 cm³/mol. The second-order valence-electron chi connectivity index (χ2n) is 12.1. The number of hydrogen-bond donors (Lipinski definition) is 0. The zero-order valence-electron chi connectivity index (χ0n) is 26.5. The summed E-state index contributed by atoms with van der Waals surface area (Å²) in [5.41, 5.74) is 11.4. The van der Waals surface area contributed by atoms with Gasteiger partial charge in [-0.05, 0) is 69.6 Å². The summed E-state index contributed by atoms with van der Waals surface area (Å²) in [6.07, 6.45) is 7.49. The maximum absolute atomic E-state index is 4.49.